The quantitative estimate of drug-likeness (QED) is 0.759. The highest BCUT2D eigenvalue weighted by Gasteiger charge is 2.05. The highest BCUT2D eigenvalue weighted by molar-refractivity contribution is 7.10. The van der Waals surface area contributed by atoms with Crippen LogP contribution in [-0.4, -0.2) is 19.8 Å². The Kier molecular flexibility index (Phi) is 3.04. The summed E-state index contributed by atoms with van der Waals surface area (Å²) in [5.41, 5.74) is 1.53. The molecule has 98 valence electrons. The molecule has 0 spiro atoms. The van der Waals surface area contributed by atoms with Gasteiger partial charge in [-0.15, -0.1) is 16.4 Å². The van der Waals surface area contributed by atoms with Crippen LogP contribution in [0.3, 0.4) is 0 Å². The van der Waals surface area contributed by atoms with Gasteiger partial charge in [-0.05, 0) is 35.6 Å². The van der Waals surface area contributed by atoms with Gasteiger partial charge in [-0.2, -0.15) is 9.61 Å². The van der Waals surface area contributed by atoms with E-state index in [1.165, 1.54) is 15.0 Å². The first kappa shape index (κ1) is 11.9. The zero-order valence-electron chi connectivity index (χ0n) is 10.4. The molecule has 0 fully saturated rings. The van der Waals surface area contributed by atoms with E-state index in [2.05, 4.69) is 39.0 Å². The first-order chi connectivity index (χ1) is 9.28. The molecule has 0 radical (unpaired) electrons. The number of aryl methyl sites for hydroxylation is 1. The van der Waals surface area contributed by atoms with Gasteiger partial charge in [0.1, 0.15) is 5.82 Å². The van der Waals surface area contributed by atoms with Gasteiger partial charge < -0.3 is 5.32 Å². The van der Waals surface area contributed by atoms with Gasteiger partial charge >= 0.3 is 5.69 Å². The van der Waals surface area contributed by atoms with Gasteiger partial charge in [-0.25, -0.2) is 9.89 Å². The van der Waals surface area contributed by atoms with Crippen molar-refractivity contribution in [2.45, 2.75) is 19.9 Å². The molecule has 0 unspecified atom stereocenters. The molecular weight excluding hydrogens is 262 g/mol. The molecule has 6 nitrogen and oxygen atoms in total. The highest BCUT2D eigenvalue weighted by Crippen LogP contribution is 2.18. The fraction of sp³-hybridized carbons (Fsp3) is 0.250. The standard InChI is InChI=1S/C12H13N5OS/c1-2-8-5-6-19-9(8)7-13-10-3-4-11-14-15-12(18)17(11)16-10/h3-6H,2,7H2,1H3,(H,13,16)(H,15,18). The molecular formula is C12H13N5OS. The second kappa shape index (κ2) is 4.85. The normalized spacial score (nSPS) is 11.0. The summed E-state index contributed by atoms with van der Waals surface area (Å²) >= 11 is 1.72. The molecule has 0 aliphatic rings. The molecule has 3 aromatic heterocycles. The molecule has 7 heteroatoms. The van der Waals surface area contributed by atoms with E-state index in [-0.39, 0.29) is 5.69 Å². The van der Waals surface area contributed by atoms with Crippen LogP contribution in [0.5, 0.6) is 0 Å². The number of hydrogen-bond donors (Lipinski definition) is 2. The van der Waals surface area contributed by atoms with Crippen molar-refractivity contribution in [1.82, 2.24) is 19.8 Å². The smallest absolute Gasteiger partial charge is 0.364 e. The lowest BCUT2D eigenvalue weighted by molar-refractivity contribution is 0.875. The van der Waals surface area contributed by atoms with Gasteiger partial charge in [0.15, 0.2) is 5.65 Å². The molecule has 3 rings (SSSR count). The van der Waals surface area contributed by atoms with Crippen LogP contribution in [0.2, 0.25) is 0 Å². The predicted octanol–water partition coefficient (Wildman–Crippen LogP) is 1.65. The van der Waals surface area contributed by atoms with Crippen LogP contribution in [0, 0.1) is 0 Å². The summed E-state index contributed by atoms with van der Waals surface area (Å²) in [6, 6.07) is 5.70. The van der Waals surface area contributed by atoms with Gasteiger partial charge in [-0.3, -0.25) is 0 Å². The molecule has 0 aliphatic carbocycles. The molecule has 19 heavy (non-hydrogen) atoms. The lowest BCUT2D eigenvalue weighted by atomic mass is 10.2. The molecule has 3 aromatic rings. The minimum Gasteiger partial charge on any atom is -0.364 e. The second-order valence-electron chi connectivity index (χ2n) is 4.09. The van der Waals surface area contributed by atoms with Crippen LogP contribution in [0.25, 0.3) is 5.65 Å². The molecule has 2 N–H and O–H groups in total. The average Bonchev–Trinajstić information content (AvgIpc) is 3.03. The Morgan fingerprint density at radius 1 is 1.42 bits per heavy atom. The summed E-state index contributed by atoms with van der Waals surface area (Å²) in [7, 11) is 0. The SMILES string of the molecule is CCc1ccsc1CNc1ccc2n[nH]c(=O)n2n1. The van der Waals surface area contributed by atoms with Crippen molar-refractivity contribution >= 4 is 22.8 Å². The van der Waals surface area contributed by atoms with Crippen LogP contribution in [0.1, 0.15) is 17.4 Å². The van der Waals surface area contributed by atoms with E-state index in [1.807, 2.05) is 6.07 Å². The maximum absolute atomic E-state index is 11.4. The lowest BCUT2D eigenvalue weighted by Crippen LogP contribution is -2.13. The molecule has 3 heterocycles. The Morgan fingerprint density at radius 3 is 3.16 bits per heavy atom. The summed E-state index contributed by atoms with van der Waals surface area (Å²) in [6.45, 7) is 2.85. The maximum atomic E-state index is 11.4. The Morgan fingerprint density at radius 2 is 2.32 bits per heavy atom. The van der Waals surface area contributed by atoms with E-state index in [1.54, 1.807) is 17.4 Å². The summed E-state index contributed by atoms with van der Waals surface area (Å²) in [5.74, 6) is 0.659. The van der Waals surface area contributed by atoms with Gasteiger partial charge in [-0.1, -0.05) is 6.92 Å². The van der Waals surface area contributed by atoms with Gasteiger partial charge in [0, 0.05) is 4.88 Å². The van der Waals surface area contributed by atoms with Crippen molar-refractivity contribution in [3.05, 3.63) is 44.5 Å². The number of H-pyrrole nitrogens is 1. The van der Waals surface area contributed by atoms with Crippen molar-refractivity contribution < 1.29 is 0 Å². The zero-order chi connectivity index (χ0) is 13.2. The number of rotatable bonds is 4. The Labute approximate surface area is 113 Å². The van der Waals surface area contributed by atoms with Gasteiger partial charge in [0.25, 0.3) is 0 Å². The lowest BCUT2D eigenvalue weighted by Gasteiger charge is -2.05. The first-order valence-corrected chi connectivity index (χ1v) is 6.89. The number of aromatic amines is 1. The number of hydrogen-bond acceptors (Lipinski definition) is 5. The van der Waals surface area contributed by atoms with Crippen molar-refractivity contribution in [3.8, 4) is 0 Å². The fourth-order valence-corrected chi connectivity index (χ4v) is 2.82. The number of thiophene rings is 1. The predicted molar refractivity (Wildman–Crippen MR) is 74.6 cm³/mol. The van der Waals surface area contributed by atoms with Crippen molar-refractivity contribution in [2.24, 2.45) is 0 Å². The largest absolute Gasteiger partial charge is 0.364 e. The van der Waals surface area contributed by atoms with Crippen LogP contribution in [-0.2, 0) is 13.0 Å². The Bertz CT molecular complexity index is 757. The molecule has 0 saturated carbocycles. The topological polar surface area (TPSA) is 75.1 Å². The molecule has 0 aliphatic heterocycles. The van der Waals surface area contributed by atoms with E-state index in [0.717, 1.165) is 6.42 Å². The molecule has 0 saturated heterocycles. The number of aromatic nitrogens is 4. The minimum absolute atomic E-state index is 0.330. The van der Waals surface area contributed by atoms with Crippen molar-refractivity contribution in [1.29, 1.82) is 0 Å². The maximum Gasteiger partial charge on any atom is 0.364 e. The van der Waals surface area contributed by atoms with E-state index in [4.69, 9.17) is 0 Å². The average molecular weight is 275 g/mol. The van der Waals surface area contributed by atoms with Crippen LogP contribution in [0.4, 0.5) is 5.82 Å². The van der Waals surface area contributed by atoms with Crippen molar-refractivity contribution in [2.75, 3.05) is 5.32 Å². The highest BCUT2D eigenvalue weighted by atomic mass is 32.1. The number of fused-ring (bicyclic) bond motifs is 1. The third-order valence-electron chi connectivity index (χ3n) is 2.92. The molecule has 0 amide bonds. The molecule has 0 atom stereocenters. The number of nitrogens with one attached hydrogen (secondary N) is 2. The van der Waals surface area contributed by atoms with Crippen LogP contribution in [0.15, 0.2) is 28.4 Å². The fourth-order valence-electron chi connectivity index (χ4n) is 1.91. The second-order valence-corrected chi connectivity index (χ2v) is 5.09. The summed E-state index contributed by atoms with van der Waals surface area (Å²) in [6.07, 6.45) is 1.02. The van der Waals surface area contributed by atoms with E-state index in [0.29, 0.717) is 18.0 Å². The zero-order valence-corrected chi connectivity index (χ0v) is 11.2. The van der Waals surface area contributed by atoms with E-state index < -0.39 is 0 Å². The molecule has 0 bridgehead atoms. The third-order valence-corrected chi connectivity index (χ3v) is 3.89. The monoisotopic (exact) mass is 275 g/mol. The Hall–Kier alpha value is -2.15. The van der Waals surface area contributed by atoms with E-state index >= 15 is 0 Å². The first-order valence-electron chi connectivity index (χ1n) is 6.01. The van der Waals surface area contributed by atoms with Gasteiger partial charge in [0.05, 0.1) is 6.54 Å². The van der Waals surface area contributed by atoms with E-state index in [9.17, 15) is 4.79 Å². The third kappa shape index (κ3) is 2.24. The Balaban J connectivity index is 1.82. The summed E-state index contributed by atoms with van der Waals surface area (Å²) in [5, 5.41) is 15.7. The minimum atomic E-state index is -0.330. The summed E-state index contributed by atoms with van der Waals surface area (Å²) in [4.78, 5) is 12.7. The van der Waals surface area contributed by atoms with Crippen LogP contribution < -0.4 is 11.0 Å². The van der Waals surface area contributed by atoms with Crippen molar-refractivity contribution in [3.63, 3.8) is 0 Å². The molecule has 0 aromatic carbocycles. The number of anilines is 1. The summed E-state index contributed by atoms with van der Waals surface area (Å²) < 4.78 is 1.25. The van der Waals surface area contributed by atoms with Gasteiger partial charge in [0.2, 0.25) is 0 Å². The van der Waals surface area contributed by atoms with Crippen LogP contribution >= 0.6 is 11.3 Å². The number of nitrogens with zero attached hydrogens (tertiary/aromatic N) is 3.